The number of amides is 1. The number of hydrogen-bond acceptors (Lipinski definition) is 3. The van der Waals surface area contributed by atoms with Gasteiger partial charge in [-0.15, -0.1) is 0 Å². The van der Waals surface area contributed by atoms with Crippen molar-refractivity contribution in [1.82, 2.24) is 0 Å². The van der Waals surface area contributed by atoms with Gasteiger partial charge < -0.3 is 16.4 Å². The lowest BCUT2D eigenvalue weighted by molar-refractivity contribution is -0.117. The smallest absolute Gasteiger partial charge is 0.219 e. The summed E-state index contributed by atoms with van der Waals surface area (Å²) in [6, 6.07) is 5.64. The Morgan fingerprint density at radius 1 is 1.53 bits per heavy atom. The fourth-order valence-corrected chi connectivity index (χ4v) is 1.65. The molecule has 15 heavy (non-hydrogen) atoms. The van der Waals surface area contributed by atoms with Gasteiger partial charge in [0.05, 0.1) is 11.4 Å². The molecule has 0 bridgehead atoms. The summed E-state index contributed by atoms with van der Waals surface area (Å²) in [4.78, 5) is 12.5. The number of halogens is 1. The van der Waals surface area contributed by atoms with Crippen molar-refractivity contribution in [1.29, 1.82) is 0 Å². The number of hydrogen-bond donors (Lipinski definition) is 2. The van der Waals surface area contributed by atoms with Gasteiger partial charge in [-0.25, -0.2) is 0 Å². The van der Waals surface area contributed by atoms with Gasteiger partial charge in [-0.3, -0.25) is 4.79 Å². The number of nitrogens with zero attached hydrogens (tertiary/aromatic N) is 1. The second kappa shape index (κ2) is 5.02. The van der Waals surface area contributed by atoms with E-state index in [4.69, 9.17) is 11.5 Å². The Balaban J connectivity index is 2.73. The predicted molar refractivity (Wildman–Crippen MR) is 65.6 cm³/mol. The van der Waals surface area contributed by atoms with Crippen molar-refractivity contribution in [3.05, 3.63) is 22.7 Å². The van der Waals surface area contributed by atoms with Crippen LogP contribution in [-0.2, 0) is 4.79 Å². The van der Waals surface area contributed by atoms with Crippen molar-refractivity contribution in [2.24, 2.45) is 5.73 Å². The third-order valence-electron chi connectivity index (χ3n) is 2.09. The Hall–Kier alpha value is -1.23. The van der Waals surface area contributed by atoms with Crippen molar-refractivity contribution < 1.29 is 4.79 Å². The number of nitrogen functional groups attached to an aromatic ring is 1. The fraction of sp³-hybridized carbons (Fsp3) is 0.300. The van der Waals surface area contributed by atoms with Crippen LogP contribution in [0.3, 0.4) is 0 Å². The Morgan fingerprint density at radius 2 is 2.20 bits per heavy atom. The molecule has 0 aliphatic carbocycles. The molecule has 0 unspecified atom stereocenters. The molecule has 82 valence electrons. The summed E-state index contributed by atoms with van der Waals surface area (Å²) in [5.74, 6) is -0.308. The van der Waals surface area contributed by atoms with Gasteiger partial charge in [0.25, 0.3) is 0 Å². The molecule has 0 heterocycles. The molecule has 0 spiro atoms. The maximum Gasteiger partial charge on any atom is 0.219 e. The summed E-state index contributed by atoms with van der Waals surface area (Å²) in [5.41, 5.74) is 12.5. The first-order valence-corrected chi connectivity index (χ1v) is 5.34. The normalized spacial score (nSPS) is 10.0. The molecule has 0 fully saturated rings. The summed E-state index contributed by atoms with van der Waals surface area (Å²) < 4.78 is 0.937. The second-order valence-corrected chi connectivity index (χ2v) is 4.26. The summed E-state index contributed by atoms with van der Waals surface area (Å²) in [6.45, 7) is 0.571. The van der Waals surface area contributed by atoms with Crippen LogP contribution in [0.5, 0.6) is 0 Å². The molecule has 0 saturated heterocycles. The van der Waals surface area contributed by atoms with Crippen molar-refractivity contribution in [3.8, 4) is 0 Å². The largest absolute Gasteiger partial charge is 0.397 e. The van der Waals surface area contributed by atoms with Gasteiger partial charge in [-0.1, -0.05) is 15.9 Å². The SMILES string of the molecule is CN(CCC(N)=O)c1ccc(Br)cc1N. The van der Waals surface area contributed by atoms with Crippen molar-refractivity contribution in [2.75, 3.05) is 24.2 Å². The van der Waals surface area contributed by atoms with Crippen LogP contribution >= 0.6 is 15.9 Å². The third kappa shape index (κ3) is 3.43. The zero-order valence-electron chi connectivity index (χ0n) is 8.53. The van der Waals surface area contributed by atoms with Crippen LogP contribution in [0.15, 0.2) is 22.7 Å². The molecule has 0 radical (unpaired) electrons. The second-order valence-electron chi connectivity index (χ2n) is 3.34. The number of anilines is 2. The van der Waals surface area contributed by atoms with E-state index in [9.17, 15) is 4.79 Å². The Morgan fingerprint density at radius 3 is 2.73 bits per heavy atom. The maximum absolute atomic E-state index is 10.6. The van der Waals surface area contributed by atoms with E-state index in [1.54, 1.807) is 0 Å². The number of rotatable bonds is 4. The van der Waals surface area contributed by atoms with Crippen molar-refractivity contribution in [3.63, 3.8) is 0 Å². The number of carbonyl (C=O) groups is 1. The topological polar surface area (TPSA) is 72.3 Å². The van der Waals surface area contributed by atoms with Gasteiger partial charge in [0.15, 0.2) is 0 Å². The predicted octanol–water partition coefficient (Wildman–Crippen LogP) is 1.34. The van der Waals surface area contributed by atoms with Crippen LogP contribution in [0.4, 0.5) is 11.4 Å². The van der Waals surface area contributed by atoms with Crippen LogP contribution in [0.1, 0.15) is 6.42 Å². The molecule has 0 aliphatic heterocycles. The lowest BCUT2D eigenvalue weighted by atomic mass is 10.2. The quantitative estimate of drug-likeness (QED) is 0.812. The fourth-order valence-electron chi connectivity index (χ4n) is 1.27. The minimum Gasteiger partial charge on any atom is -0.397 e. The highest BCUT2D eigenvalue weighted by Crippen LogP contribution is 2.25. The molecule has 0 aliphatic rings. The van der Waals surface area contributed by atoms with Gasteiger partial charge in [-0.2, -0.15) is 0 Å². The summed E-state index contributed by atoms with van der Waals surface area (Å²) >= 11 is 3.33. The highest BCUT2D eigenvalue weighted by atomic mass is 79.9. The first-order chi connectivity index (χ1) is 7.00. The Bertz CT molecular complexity index is 368. The van der Waals surface area contributed by atoms with Gasteiger partial charge in [0, 0.05) is 24.5 Å². The molecule has 5 heteroatoms. The van der Waals surface area contributed by atoms with E-state index in [1.165, 1.54) is 0 Å². The number of carbonyl (C=O) groups excluding carboxylic acids is 1. The average Bonchev–Trinajstić information content (AvgIpc) is 2.14. The molecule has 1 aromatic rings. The van der Waals surface area contributed by atoms with Gasteiger partial charge in [0.1, 0.15) is 0 Å². The monoisotopic (exact) mass is 271 g/mol. The Kier molecular flexibility index (Phi) is 3.96. The molecule has 4 nitrogen and oxygen atoms in total. The highest BCUT2D eigenvalue weighted by Gasteiger charge is 2.06. The molecule has 0 aromatic heterocycles. The van der Waals surface area contributed by atoms with Crippen LogP contribution in [-0.4, -0.2) is 19.5 Å². The van der Waals surface area contributed by atoms with Crippen LogP contribution < -0.4 is 16.4 Å². The number of primary amides is 1. The van der Waals surface area contributed by atoms with E-state index in [1.807, 2.05) is 30.1 Å². The van der Waals surface area contributed by atoms with E-state index in [-0.39, 0.29) is 5.91 Å². The summed E-state index contributed by atoms with van der Waals surface area (Å²) in [7, 11) is 1.88. The van der Waals surface area contributed by atoms with E-state index < -0.39 is 0 Å². The molecule has 0 saturated carbocycles. The number of benzene rings is 1. The summed E-state index contributed by atoms with van der Waals surface area (Å²) in [6.07, 6.45) is 0.325. The highest BCUT2D eigenvalue weighted by molar-refractivity contribution is 9.10. The lowest BCUT2D eigenvalue weighted by Gasteiger charge is -2.20. The van der Waals surface area contributed by atoms with Crippen LogP contribution in [0.25, 0.3) is 0 Å². The minimum absolute atomic E-state index is 0.308. The average molecular weight is 272 g/mol. The standard InChI is InChI=1S/C10H14BrN3O/c1-14(5-4-10(13)15)9-3-2-7(11)6-8(9)12/h2-3,6H,4-5,12H2,1H3,(H2,13,15). The van der Waals surface area contributed by atoms with Crippen molar-refractivity contribution >= 4 is 33.2 Å². The van der Waals surface area contributed by atoms with Crippen LogP contribution in [0.2, 0.25) is 0 Å². The first kappa shape index (κ1) is 11.8. The van der Waals surface area contributed by atoms with E-state index in [0.29, 0.717) is 18.7 Å². The van der Waals surface area contributed by atoms with E-state index in [2.05, 4.69) is 15.9 Å². The van der Waals surface area contributed by atoms with Crippen LogP contribution in [0, 0.1) is 0 Å². The summed E-state index contributed by atoms with van der Waals surface area (Å²) in [5, 5.41) is 0. The van der Waals surface area contributed by atoms with E-state index >= 15 is 0 Å². The lowest BCUT2D eigenvalue weighted by Crippen LogP contribution is -2.24. The van der Waals surface area contributed by atoms with Crippen molar-refractivity contribution in [2.45, 2.75) is 6.42 Å². The maximum atomic E-state index is 10.6. The minimum atomic E-state index is -0.308. The zero-order valence-corrected chi connectivity index (χ0v) is 10.1. The third-order valence-corrected chi connectivity index (χ3v) is 2.59. The van der Waals surface area contributed by atoms with Gasteiger partial charge >= 0.3 is 0 Å². The molecule has 1 aromatic carbocycles. The zero-order chi connectivity index (χ0) is 11.4. The molecule has 4 N–H and O–H groups in total. The number of nitrogens with two attached hydrogens (primary N) is 2. The van der Waals surface area contributed by atoms with Gasteiger partial charge in [0.2, 0.25) is 5.91 Å². The molecule has 1 rings (SSSR count). The molecule has 1 amide bonds. The molecular weight excluding hydrogens is 258 g/mol. The van der Waals surface area contributed by atoms with E-state index in [0.717, 1.165) is 10.2 Å². The molecule has 0 atom stereocenters. The Labute approximate surface area is 97.4 Å². The first-order valence-electron chi connectivity index (χ1n) is 4.55. The molecular formula is C10H14BrN3O. The van der Waals surface area contributed by atoms with Gasteiger partial charge in [-0.05, 0) is 18.2 Å².